The molecule has 0 saturated heterocycles. The molecule has 0 fully saturated rings. The summed E-state index contributed by atoms with van der Waals surface area (Å²) in [7, 11) is 0. The zero-order chi connectivity index (χ0) is 11.9. The van der Waals surface area contributed by atoms with E-state index in [2.05, 4.69) is 0 Å². The van der Waals surface area contributed by atoms with Gasteiger partial charge in [-0.25, -0.2) is 0 Å². The maximum atomic E-state index is 11.4. The van der Waals surface area contributed by atoms with Crippen LogP contribution in [0.25, 0.3) is 0 Å². The van der Waals surface area contributed by atoms with Gasteiger partial charge in [-0.05, 0) is 27.2 Å². The lowest BCUT2D eigenvalue weighted by Crippen LogP contribution is -2.38. The van der Waals surface area contributed by atoms with Crippen LogP contribution in [0.4, 0.5) is 0 Å². The molecule has 0 aliphatic carbocycles. The Hall–Kier alpha value is -0.650. The van der Waals surface area contributed by atoms with Crippen LogP contribution in [0.3, 0.4) is 0 Å². The first kappa shape index (κ1) is 14.3. The van der Waals surface area contributed by atoms with Crippen LogP contribution < -0.4 is 11.5 Å². The van der Waals surface area contributed by atoms with Crippen molar-refractivity contribution >= 4 is 5.97 Å². The third-order valence-corrected chi connectivity index (χ3v) is 1.54. The Bertz CT molecular complexity index is 190. The molecule has 0 radical (unpaired) electrons. The number of hydrogen-bond donors (Lipinski definition) is 2. The molecule has 1 unspecified atom stereocenters. The molecule has 0 aliphatic heterocycles. The summed E-state index contributed by atoms with van der Waals surface area (Å²) in [4.78, 5) is 11.4. The summed E-state index contributed by atoms with van der Waals surface area (Å²) in [6.45, 7) is 6.81. The highest BCUT2D eigenvalue weighted by atomic mass is 16.6. The van der Waals surface area contributed by atoms with Gasteiger partial charge in [-0.2, -0.15) is 0 Å². The summed E-state index contributed by atoms with van der Waals surface area (Å²) in [6, 6.07) is -0.623. The van der Waals surface area contributed by atoms with Crippen LogP contribution in [-0.4, -0.2) is 37.4 Å². The number of hydrogen-bond acceptors (Lipinski definition) is 5. The van der Waals surface area contributed by atoms with Crippen molar-refractivity contribution in [1.82, 2.24) is 0 Å². The molecular weight excluding hydrogens is 196 g/mol. The van der Waals surface area contributed by atoms with Crippen LogP contribution in [0.1, 0.15) is 27.2 Å². The second-order valence-electron chi connectivity index (χ2n) is 4.33. The fourth-order valence-electron chi connectivity index (χ4n) is 0.891. The molecule has 90 valence electrons. The van der Waals surface area contributed by atoms with E-state index in [-0.39, 0.29) is 5.97 Å². The summed E-state index contributed by atoms with van der Waals surface area (Å²) < 4.78 is 10.2. The van der Waals surface area contributed by atoms with E-state index in [9.17, 15) is 4.79 Å². The molecule has 4 N–H and O–H groups in total. The minimum absolute atomic E-state index is 0.390. The molecule has 1 atom stereocenters. The summed E-state index contributed by atoms with van der Waals surface area (Å²) in [6.07, 6.45) is 0.453. The maximum Gasteiger partial charge on any atom is 0.323 e. The highest BCUT2D eigenvalue weighted by molar-refractivity contribution is 5.75. The molecule has 15 heavy (non-hydrogen) atoms. The number of esters is 1. The predicted octanol–water partition coefficient (Wildman–Crippen LogP) is 0.0208. The largest absolute Gasteiger partial charge is 0.459 e. The van der Waals surface area contributed by atoms with Crippen molar-refractivity contribution in [3.05, 3.63) is 0 Å². The Morgan fingerprint density at radius 2 is 1.93 bits per heavy atom. The van der Waals surface area contributed by atoms with Gasteiger partial charge < -0.3 is 20.9 Å². The Morgan fingerprint density at radius 1 is 1.33 bits per heavy atom. The molecule has 0 aliphatic rings. The zero-order valence-electron chi connectivity index (χ0n) is 9.79. The predicted molar refractivity (Wildman–Crippen MR) is 58.3 cm³/mol. The van der Waals surface area contributed by atoms with Gasteiger partial charge in [-0.3, -0.25) is 4.79 Å². The molecule has 5 heteroatoms. The van der Waals surface area contributed by atoms with E-state index < -0.39 is 11.6 Å². The van der Waals surface area contributed by atoms with Crippen LogP contribution >= 0.6 is 0 Å². The Kier molecular flexibility index (Phi) is 6.47. The topological polar surface area (TPSA) is 87.6 Å². The Balaban J connectivity index is 3.70. The minimum Gasteiger partial charge on any atom is -0.459 e. The third kappa shape index (κ3) is 8.35. The quantitative estimate of drug-likeness (QED) is 0.485. The molecule has 0 rings (SSSR count). The molecular formula is C10H22N2O3. The fraction of sp³-hybridized carbons (Fsp3) is 0.900. The van der Waals surface area contributed by atoms with Crippen molar-refractivity contribution in [1.29, 1.82) is 0 Å². The van der Waals surface area contributed by atoms with Gasteiger partial charge in [0.25, 0.3) is 0 Å². The highest BCUT2D eigenvalue weighted by Gasteiger charge is 2.21. The second kappa shape index (κ2) is 6.76. The minimum atomic E-state index is -0.623. The van der Waals surface area contributed by atoms with Crippen LogP contribution in [-0.2, 0) is 14.3 Å². The molecule has 0 aromatic carbocycles. The van der Waals surface area contributed by atoms with Crippen molar-refractivity contribution in [3.8, 4) is 0 Å². The van der Waals surface area contributed by atoms with Crippen LogP contribution in [0, 0.1) is 0 Å². The Morgan fingerprint density at radius 3 is 2.40 bits per heavy atom. The summed E-state index contributed by atoms with van der Waals surface area (Å²) in [5.41, 5.74) is 10.4. The molecule has 0 spiro atoms. The van der Waals surface area contributed by atoms with Gasteiger partial charge in [-0.15, -0.1) is 0 Å². The average Bonchev–Trinajstić information content (AvgIpc) is 2.09. The van der Waals surface area contributed by atoms with Crippen molar-refractivity contribution in [3.63, 3.8) is 0 Å². The number of carbonyl (C=O) groups is 1. The lowest BCUT2D eigenvalue weighted by molar-refractivity contribution is -0.156. The van der Waals surface area contributed by atoms with Crippen LogP contribution in [0.2, 0.25) is 0 Å². The molecule has 0 bridgehead atoms. The normalized spacial score (nSPS) is 13.7. The second-order valence-corrected chi connectivity index (χ2v) is 4.33. The smallest absolute Gasteiger partial charge is 0.323 e. The number of ether oxygens (including phenoxy) is 2. The van der Waals surface area contributed by atoms with Crippen molar-refractivity contribution in [2.45, 2.75) is 38.8 Å². The molecule has 0 amide bonds. The first-order valence-electron chi connectivity index (χ1n) is 5.13. The first-order valence-corrected chi connectivity index (χ1v) is 5.13. The summed E-state index contributed by atoms with van der Waals surface area (Å²) in [5.74, 6) is -0.390. The van der Waals surface area contributed by atoms with Crippen molar-refractivity contribution in [2.75, 3.05) is 19.8 Å². The standard InChI is InChI=1S/C10H22N2O3/c1-10(2,3)15-9(13)8(12)4-6-14-7-5-11/h8H,4-7,11-12H2,1-3H3. The monoisotopic (exact) mass is 218 g/mol. The maximum absolute atomic E-state index is 11.4. The fourth-order valence-corrected chi connectivity index (χ4v) is 0.891. The van der Waals surface area contributed by atoms with E-state index in [0.29, 0.717) is 26.2 Å². The lowest BCUT2D eigenvalue weighted by atomic mass is 10.2. The van der Waals surface area contributed by atoms with Gasteiger partial charge in [0.15, 0.2) is 0 Å². The van der Waals surface area contributed by atoms with Crippen LogP contribution in [0.5, 0.6) is 0 Å². The van der Waals surface area contributed by atoms with E-state index in [1.807, 2.05) is 20.8 Å². The molecule has 0 aromatic heterocycles. The molecule has 0 saturated carbocycles. The number of carbonyl (C=O) groups excluding carboxylic acids is 1. The van der Waals surface area contributed by atoms with E-state index in [1.165, 1.54) is 0 Å². The van der Waals surface area contributed by atoms with Gasteiger partial charge in [0.05, 0.1) is 6.61 Å². The van der Waals surface area contributed by atoms with E-state index in [0.717, 1.165) is 0 Å². The third-order valence-electron chi connectivity index (χ3n) is 1.54. The molecule has 0 heterocycles. The lowest BCUT2D eigenvalue weighted by Gasteiger charge is -2.22. The summed E-state index contributed by atoms with van der Waals surface area (Å²) in [5, 5.41) is 0. The number of nitrogens with two attached hydrogens (primary N) is 2. The van der Waals surface area contributed by atoms with Crippen LogP contribution in [0.15, 0.2) is 0 Å². The van der Waals surface area contributed by atoms with E-state index in [4.69, 9.17) is 20.9 Å². The SMILES string of the molecule is CC(C)(C)OC(=O)C(N)CCOCCN. The van der Waals surface area contributed by atoms with Gasteiger partial charge >= 0.3 is 5.97 Å². The van der Waals surface area contributed by atoms with E-state index >= 15 is 0 Å². The first-order chi connectivity index (χ1) is 6.87. The van der Waals surface area contributed by atoms with Gasteiger partial charge in [0, 0.05) is 13.2 Å². The Labute approximate surface area is 91.1 Å². The van der Waals surface area contributed by atoms with Crippen molar-refractivity contribution < 1.29 is 14.3 Å². The summed E-state index contributed by atoms with van der Waals surface area (Å²) >= 11 is 0. The highest BCUT2D eigenvalue weighted by Crippen LogP contribution is 2.08. The van der Waals surface area contributed by atoms with Crippen molar-refractivity contribution in [2.24, 2.45) is 11.5 Å². The average molecular weight is 218 g/mol. The van der Waals surface area contributed by atoms with Gasteiger partial charge in [0.2, 0.25) is 0 Å². The van der Waals surface area contributed by atoms with E-state index in [1.54, 1.807) is 0 Å². The number of rotatable bonds is 6. The molecule has 0 aromatic rings. The van der Waals surface area contributed by atoms with Gasteiger partial charge in [-0.1, -0.05) is 0 Å². The zero-order valence-corrected chi connectivity index (χ0v) is 9.79. The molecule has 5 nitrogen and oxygen atoms in total. The van der Waals surface area contributed by atoms with Gasteiger partial charge in [0.1, 0.15) is 11.6 Å².